The van der Waals surface area contributed by atoms with Crippen molar-refractivity contribution in [3.05, 3.63) is 0 Å². The Bertz CT molecular complexity index is 153. The lowest BCUT2D eigenvalue weighted by Crippen LogP contribution is -2.31. The van der Waals surface area contributed by atoms with E-state index in [1.807, 2.05) is 0 Å². The molecule has 1 atom stereocenters. The van der Waals surface area contributed by atoms with Crippen LogP contribution >= 0.6 is 11.8 Å². The second kappa shape index (κ2) is 7.56. The van der Waals surface area contributed by atoms with E-state index in [1.165, 1.54) is 44.4 Å². The highest BCUT2D eigenvalue weighted by Crippen LogP contribution is 2.19. The molecule has 1 nitrogen and oxygen atoms in total. The fraction of sp³-hybridized carbons (Fsp3) is 1.00. The molecular formula is C13H27NS. The summed E-state index contributed by atoms with van der Waals surface area (Å²) in [5, 5.41) is 4.48. The third-order valence-electron chi connectivity index (χ3n) is 3.15. The maximum atomic E-state index is 3.70. The molecule has 90 valence electrons. The smallest absolute Gasteiger partial charge is 0.0144 e. The van der Waals surface area contributed by atoms with Crippen molar-refractivity contribution in [1.29, 1.82) is 0 Å². The minimum Gasteiger partial charge on any atom is -0.313 e. The van der Waals surface area contributed by atoms with Crippen LogP contribution in [0, 0.1) is 5.92 Å². The molecule has 1 N–H and O–H groups in total. The van der Waals surface area contributed by atoms with Gasteiger partial charge in [-0.3, -0.25) is 0 Å². The lowest BCUT2D eigenvalue weighted by molar-refractivity contribution is 0.527. The molecule has 0 aromatic heterocycles. The molecule has 15 heavy (non-hydrogen) atoms. The summed E-state index contributed by atoms with van der Waals surface area (Å²) in [7, 11) is 0. The zero-order chi connectivity index (χ0) is 11.1. The Kier molecular flexibility index (Phi) is 6.74. The second-order valence-corrected chi connectivity index (χ2v) is 6.80. The Labute approximate surface area is 99.8 Å². The van der Waals surface area contributed by atoms with Gasteiger partial charge in [0.15, 0.2) is 0 Å². The Morgan fingerprint density at radius 1 is 1.20 bits per heavy atom. The molecule has 1 unspecified atom stereocenters. The first-order valence-electron chi connectivity index (χ1n) is 6.53. The summed E-state index contributed by atoms with van der Waals surface area (Å²) in [4.78, 5) is 0. The average molecular weight is 229 g/mol. The van der Waals surface area contributed by atoms with Crippen LogP contribution in [0.3, 0.4) is 0 Å². The van der Waals surface area contributed by atoms with E-state index in [-0.39, 0.29) is 0 Å². The van der Waals surface area contributed by atoms with Gasteiger partial charge in [-0.25, -0.2) is 0 Å². The van der Waals surface area contributed by atoms with Crippen molar-refractivity contribution in [2.75, 3.05) is 12.3 Å². The number of thioether (sulfide) groups is 1. The van der Waals surface area contributed by atoms with E-state index < -0.39 is 0 Å². The normalized spacial score (nSPS) is 20.0. The van der Waals surface area contributed by atoms with Crippen LogP contribution in [-0.4, -0.2) is 23.6 Å². The molecule has 0 bridgehead atoms. The van der Waals surface area contributed by atoms with Crippen LogP contribution in [0.4, 0.5) is 0 Å². The highest BCUT2D eigenvalue weighted by Gasteiger charge is 2.14. The van der Waals surface area contributed by atoms with Crippen molar-refractivity contribution in [2.45, 2.75) is 64.2 Å². The van der Waals surface area contributed by atoms with Gasteiger partial charge in [0.2, 0.25) is 0 Å². The third kappa shape index (κ3) is 6.47. The van der Waals surface area contributed by atoms with Gasteiger partial charge in [-0.05, 0) is 30.9 Å². The Hall–Kier alpha value is 0.310. The fourth-order valence-corrected chi connectivity index (χ4v) is 3.25. The van der Waals surface area contributed by atoms with Crippen LogP contribution in [0.1, 0.15) is 52.9 Å². The largest absolute Gasteiger partial charge is 0.313 e. The molecule has 0 saturated heterocycles. The Balaban J connectivity index is 1.95. The number of rotatable bonds is 7. The molecule has 1 fully saturated rings. The predicted octanol–water partition coefficient (Wildman–Crippen LogP) is 3.69. The van der Waals surface area contributed by atoms with Gasteiger partial charge in [0.05, 0.1) is 0 Å². The van der Waals surface area contributed by atoms with Crippen LogP contribution in [0.5, 0.6) is 0 Å². The lowest BCUT2D eigenvalue weighted by Gasteiger charge is -2.16. The Morgan fingerprint density at radius 2 is 1.87 bits per heavy atom. The van der Waals surface area contributed by atoms with Gasteiger partial charge < -0.3 is 5.32 Å². The number of hydrogen-bond donors (Lipinski definition) is 1. The van der Waals surface area contributed by atoms with Crippen molar-refractivity contribution in [3.63, 3.8) is 0 Å². The van der Waals surface area contributed by atoms with Crippen molar-refractivity contribution < 1.29 is 0 Å². The molecule has 1 aliphatic carbocycles. The Morgan fingerprint density at radius 3 is 2.47 bits per heavy atom. The van der Waals surface area contributed by atoms with Crippen LogP contribution in [-0.2, 0) is 0 Å². The molecule has 0 radical (unpaired) electrons. The SMILES string of the molecule is CC(C)CCSC(C)CNC1CCCC1. The zero-order valence-corrected chi connectivity index (χ0v) is 11.4. The van der Waals surface area contributed by atoms with Gasteiger partial charge in [-0.2, -0.15) is 11.8 Å². The summed E-state index contributed by atoms with van der Waals surface area (Å²) in [6.07, 6.45) is 7.05. The fourth-order valence-electron chi connectivity index (χ4n) is 2.03. The zero-order valence-electron chi connectivity index (χ0n) is 10.6. The van der Waals surface area contributed by atoms with Crippen LogP contribution in [0.2, 0.25) is 0 Å². The van der Waals surface area contributed by atoms with E-state index in [0.717, 1.165) is 17.2 Å². The summed E-state index contributed by atoms with van der Waals surface area (Å²) in [6.45, 7) is 8.17. The molecule has 0 amide bonds. The quantitative estimate of drug-likeness (QED) is 0.714. The van der Waals surface area contributed by atoms with Crippen LogP contribution in [0.15, 0.2) is 0 Å². The van der Waals surface area contributed by atoms with Gasteiger partial charge in [0.1, 0.15) is 0 Å². The minimum atomic E-state index is 0.782. The summed E-state index contributed by atoms with van der Waals surface area (Å²) in [5.74, 6) is 2.18. The highest BCUT2D eigenvalue weighted by atomic mass is 32.2. The highest BCUT2D eigenvalue weighted by molar-refractivity contribution is 7.99. The van der Waals surface area contributed by atoms with E-state index in [2.05, 4.69) is 37.8 Å². The maximum Gasteiger partial charge on any atom is 0.0144 e. The lowest BCUT2D eigenvalue weighted by atomic mass is 10.2. The average Bonchev–Trinajstić information content (AvgIpc) is 2.66. The molecule has 0 aliphatic heterocycles. The van der Waals surface area contributed by atoms with E-state index in [1.54, 1.807) is 0 Å². The van der Waals surface area contributed by atoms with Gasteiger partial charge in [0.25, 0.3) is 0 Å². The molecule has 1 aliphatic rings. The topological polar surface area (TPSA) is 12.0 Å². The van der Waals surface area contributed by atoms with E-state index in [0.29, 0.717) is 0 Å². The summed E-state index contributed by atoms with van der Waals surface area (Å²) < 4.78 is 0. The van der Waals surface area contributed by atoms with Crippen LogP contribution in [0.25, 0.3) is 0 Å². The third-order valence-corrected chi connectivity index (χ3v) is 4.35. The molecule has 0 spiro atoms. The van der Waals surface area contributed by atoms with Gasteiger partial charge in [-0.15, -0.1) is 0 Å². The molecule has 0 heterocycles. The number of hydrogen-bond acceptors (Lipinski definition) is 2. The van der Waals surface area contributed by atoms with Crippen molar-refractivity contribution in [3.8, 4) is 0 Å². The van der Waals surface area contributed by atoms with Crippen LogP contribution < -0.4 is 5.32 Å². The van der Waals surface area contributed by atoms with Gasteiger partial charge in [0, 0.05) is 17.8 Å². The predicted molar refractivity (Wildman–Crippen MR) is 71.6 cm³/mol. The molecule has 0 aromatic rings. The monoisotopic (exact) mass is 229 g/mol. The second-order valence-electron chi connectivity index (χ2n) is 5.25. The molecule has 0 aromatic carbocycles. The van der Waals surface area contributed by atoms with Crippen molar-refractivity contribution in [1.82, 2.24) is 5.32 Å². The van der Waals surface area contributed by atoms with E-state index >= 15 is 0 Å². The molecule has 1 rings (SSSR count). The summed E-state index contributed by atoms with van der Waals surface area (Å²) in [5.41, 5.74) is 0. The maximum absolute atomic E-state index is 3.70. The van der Waals surface area contributed by atoms with E-state index in [4.69, 9.17) is 0 Å². The van der Waals surface area contributed by atoms with Crippen molar-refractivity contribution in [2.24, 2.45) is 5.92 Å². The van der Waals surface area contributed by atoms with E-state index in [9.17, 15) is 0 Å². The molecule has 2 heteroatoms. The summed E-state index contributed by atoms with van der Waals surface area (Å²) >= 11 is 2.13. The molecular weight excluding hydrogens is 202 g/mol. The summed E-state index contributed by atoms with van der Waals surface area (Å²) in [6, 6.07) is 0.832. The van der Waals surface area contributed by atoms with Crippen molar-refractivity contribution >= 4 is 11.8 Å². The molecule has 1 saturated carbocycles. The first-order valence-corrected chi connectivity index (χ1v) is 7.58. The first kappa shape index (κ1) is 13.4. The standard InChI is InChI=1S/C13H27NS/c1-11(2)8-9-15-12(3)10-14-13-6-4-5-7-13/h11-14H,4-10H2,1-3H3. The number of nitrogens with one attached hydrogen (secondary N) is 1. The first-order chi connectivity index (χ1) is 7.18. The van der Waals surface area contributed by atoms with Gasteiger partial charge in [-0.1, -0.05) is 33.6 Å². The minimum absolute atomic E-state index is 0.782. The van der Waals surface area contributed by atoms with Gasteiger partial charge >= 0.3 is 0 Å².